The predicted octanol–water partition coefficient (Wildman–Crippen LogP) is 3.29. The highest BCUT2D eigenvalue weighted by atomic mass is 16.6. The molecule has 0 radical (unpaired) electrons. The van der Waals surface area contributed by atoms with E-state index in [4.69, 9.17) is 13.9 Å². The monoisotopic (exact) mass is 406 g/mol. The molecule has 0 spiro atoms. The van der Waals surface area contributed by atoms with Gasteiger partial charge in [0.15, 0.2) is 0 Å². The van der Waals surface area contributed by atoms with Crippen LogP contribution in [0.25, 0.3) is 0 Å². The summed E-state index contributed by atoms with van der Waals surface area (Å²) in [6.07, 6.45) is -0.912. The fraction of sp³-hybridized carbons (Fsp3) is 0.368. The number of furan rings is 1. The summed E-state index contributed by atoms with van der Waals surface area (Å²) >= 11 is 0. The average Bonchev–Trinajstić information content (AvgIpc) is 3.05. The van der Waals surface area contributed by atoms with Crippen molar-refractivity contribution in [2.75, 3.05) is 0 Å². The molecule has 0 bridgehead atoms. The highest BCUT2D eigenvalue weighted by molar-refractivity contribution is 5.80. The standard InChI is InChI=1S/C19H22N2O8/c1-19(2,3)29-18(24)20-16(17(22)23)10-14-8-9-15(28-14)11-27-13-6-4-12(5-7-13)21(25)26/h4-9,16H,10-11H2,1-3H3,(H,20,24)(H,22,23). The van der Waals surface area contributed by atoms with Crippen LogP contribution in [0.2, 0.25) is 0 Å². The fourth-order valence-electron chi connectivity index (χ4n) is 2.28. The second-order valence-corrected chi connectivity index (χ2v) is 7.15. The fourth-order valence-corrected chi connectivity index (χ4v) is 2.28. The van der Waals surface area contributed by atoms with E-state index >= 15 is 0 Å². The number of alkyl carbamates (subject to hydrolysis) is 1. The first-order valence-corrected chi connectivity index (χ1v) is 8.70. The van der Waals surface area contributed by atoms with Crippen molar-refractivity contribution in [2.45, 2.75) is 45.4 Å². The van der Waals surface area contributed by atoms with Gasteiger partial charge in [-0.25, -0.2) is 9.59 Å². The van der Waals surface area contributed by atoms with Gasteiger partial charge < -0.3 is 24.3 Å². The lowest BCUT2D eigenvalue weighted by Gasteiger charge is -2.21. The van der Waals surface area contributed by atoms with Crippen molar-refractivity contribution in [3.8, 4) is 5.75 Å². The Bertz CT molecular complexity index is 867. The number of carbonyl (C=O) groups excluding carboxylic acids is 1. The summed E-state index contributed by atoms with van der Waals surface area (Å²) in [5, 5.41) is 22.3. The van der Waals surface area contributed by atoms with Gasteiger partial charge in [0.05, 0.1) is 4.92 Å². The quantitative estimate of drug-likeness (QED) is 0.502. The molecular weight excluding hydrogens is 384 g/mol. The van der Waals surface area contributed by atoms with Crippen LogP contribution in [0.1, 0.15) is 32.3 Å². The maximum atomic E-state index is 11.8. The molecule has 1 unspecified atom stereocenters. The minimum atomic E-state index is -1.23. The molecule has 2 N–H and O–H groups in total. The van der Waals surface area contributed by atoms with Crippen LogP contribution in [0.15, 0.2) is 40.8 Å². The number of nitro benzene ring substituents is 1. The van der Waals surface area contributed by atoms with Gasteiger partial charge in [0.2, 0.25) is 0 Å². The summed E-state index contributed by atoms with van der Waals surface area (Å²) in [5.41, 5.74) is -0.796. The molecule has 0 fully saturated rings. The SMILES string of the molecule is CC(C)(C)OC(=O)NC(Cc1ccc(COc2ccc([N+](=O)[O-])cc2)o1)C(=O)O. The van der Waals surface area contributed by atoms with Crippen molar-refractivity contribution in [1.29, 1.82) is 0 Å². The molecule has 0 aliphatic rings. The summed E-state index contributed by atoms with van der Waals surface area (Å²) in [5.74, 6) is -0.0324. The molecule has 0 saturated carbocycles. The first-order chi connectivity index (χ1) is 13.5. The predicted molar refractivity (Wildman–Crippen MR) is 101 cm³/mol. The van der Waals surface area contributed by atoms with E-state index < -0.39 is 28.6 Å². The van der Waals surface area contributed by atoms with Crippen molar-refractivity contribution >= 4 is 17.7 Å². The van der Waals surface area contributed by atoms with Gasteiger partial charge in [-0.05, 0) is 45.0 Å². The first kappa shape index (κ1) is 21.7. The number of carboxylic acid groups (broad SMARTS) is 1. The minimum Gasteiger partial charge on any atom is -0.486 e. The normalized spacial score (nSPS) is 12.1. The van der Waals surface area contributed by atoms with Crippen molar-refractivity contribution in [3.63, 3.8) is 0 Å². The van der Waals surface area contributed by atoms with Gasteiger partial charge in [0.25, 0.3) is 5.69 Å². The Hall–Kier alpha value is -3.56. The summed E-state index contributed by atoms with van der Waals surface area (Å²) in [6.45, 7) is 5.07. The van der Waals surface area contributed by atoms with Crippen molar-refractivity contribution in [3.05, 3.63) is 58.0 Å². The smallest absolute Gasteiger partial charge is 0.408 e. The first-order valence-electron chi connectivity index (χ1n) is 8.70. The molecule has 29 heavy (non-hydrogen) atoms. The van der Waals surface area contributed by atoms with E-state index in [1.807, 2.05) is 0 Å². The van der Waals surface area contributed by atoms with Crippen molar-refractivity contribution in [1.82, 2.24) is 5.32 Å². The molecule has 0 aliphatic carbocycles. The Morgan fingerprint density at radius 1 is 1.17 bits per heavy atom. The van der Waals surface area contributed by atoms with E-state index in [-0.39, 0.29) is 18.7 Å². The van der Waals surface area contributed by atoms with Crippen LogP contribution in [-0.2, 0) is 22.6 Å². The third-order valence-corrected chi connectivity index (χ3v) is 3.54. The molecule has 10 heteroatoms. The number of carboxylic acids is 1. The van der Waals surface area contributed by atoms with Gasteiger partial charge in [-0.1, -0.05) is 0 Å². The zero-order valence-electron chi connectivity index (χ0n) is 16.2. The molecule has 2 aromatic rings. The summed E-state index contributed by atoms with van der Waals surface area (Å²) in [4.78, 5) is 33.4. The van der Waals surface area contributed by atoms with Crippen LogP contribution in [0.3, 0.4) is 0 Å². The number of ether oxygens (including phenoxy) is 2. The summed E-state index contributed by atoms with van der Waals surface area (Å²) in [6, 6.07) is 7.56. The van der Waals surface area contributed by atoms with Gasteiger partial charge in [-0.15, -0.1) is 0 Å². The van der Waals surface area contributed by atoms with E-state index in [0.29, 0.717) is 17.3 Å². The Morgan fingerprint density at radius 3 is 2.34 bits per heavy atom. The van der Waals surface area contributed by atoms with E-state index in [2.05, 4.69) is 5.32 Å². The van der Waals surface area contributed by atoms with Crippen LogP contribution in [0.4, 0.5) is 10.5 Å². The highest BCUT2D eigenvalue weighted by Gasteiger charge is 2.25. The molecule has 1 aromatic carbocycles. The molecule has 10 nitrogen and oxygen atoms in total. The second kappa shape index (κ2) is 9.09. The number of rotatable bonds is 8. The number of hydrogen-bond acceptors (Lipinski definition) is 7. The molecule has 1 heterocycles. The summed E-state index contributed by atoms with van der Waals surface area (Å²) in [7, 11) is 0. The number of non-ortho nitro benzene ring substituents is 1. The maximum absolute atomic E-state index is 11.8. The number of nitro groups is 1. The van der Waals surface area contributed by atoms with Gasteiger partial charge in [0.1, 0.15) is 35.5 Å². The third kappa shape index (κ3) is 7.17. The van der Waals surface area contributed by atoms with Crippen LogP contribution in [0, 0.1) is 10.1 Å². The van der Waals surface area contributed by atoms with Gasteiger partial charge >= 0.3 is 12.1 Å². The lowest BCUT2D eigenvalue weighted by Crippen LogP contribution is -2.44. The molecule has 156 valence electrons. The van der Waals surface area contributed by atoms with E-state index in [1.54, 1.807) is 32.9 Å². The van der Waals surface area contributed by atoms with Gasteiger partial charge in [-0.3, -0.25) is 10.1 Å². The molecule has 1 amide bonds. The lowest BCUT2D eigenvalue weighted by atomic mass is 10.1. The number of carbonyl (C=O) groups is 2. The van der Waals surface area contributed by atoms with Crippen LogP contribution in [-0.4, -0.2) is 33.7 Å². The lowest BCUT2D eigenvalue weighted by molar-refractivity contribution is -0.384. The van der Waals surface area contributed by atoms with E-state index in [0.717, 1.165) is 0 Å². The number of aliphatic carboxylic acids is 1. The van der Waals surface area contributed by atoms with Gasteiger partial charge in [0, 0.05) is 18.6 Å². The Morgan fingerprint density at radius 2 is 1.79 bits per heavy atom. The van der Waals surface area contributed by atoms with Crippen LogP contribution >= 0.6 is 0 Å². The van der Waals surface area contributed by atoms with Crippen molar-refractivity contribution < 1.29 is 33.5 Å². The minimum absolute atomic E-state index is 0.0464. The largest absolute Gasteiger partial charge is 0.486 e. The second-order valence-electron chi connectivity index (χ2n) is 7.15. The Balaban J connectivity index is 1.92. The molecule has 1 atom stereocenters. The Labute approximate surface area is 166 Å². The number of nitrogens with one attached hydrogen (secondary N) is 1. The topological polar surface area (TPSA) is 141 Å². The van der Waals surface area contributed by atoms with E-state index in [1.165, 1.54) is 24.3 Å². The molecule has 0 aliphatic heterocycles. The number of amides is 1. The highest BCUT2D eigenvalue weighted by Crippen LogP contribution is 2.19. The van der Waals surface area contributed by atoms with Crippen molar-refractivity contribution in [2.24, 2.45) is 0 Å². The zero-order chi connectivity index (χ0) is 21.6. The average molecular weight is 406 g/mol. The van der Waals surface area contributed by atoms with E-state index in [9.17, 15) is 24.8 Å². The summed E-state index contributed by atoms with van der Waals surface area (Å²) < 4.78 is 16.1. The van der Waals surface area contributed by atoms with Gasteiger partial charge in [-0.2, -0.15) is 0 Å². The van der Waals surface area contributed by atoms with Crippen LogP contribution < -0.4 is 10.1 Å². The van der Waals surface area contributed by atoms with Crippen LogP contribution in [0.5, 0.6) is 5.75 Å². The third-order valence-electron chi connectivity index (χ3n) is 3.54. The Kier molecular flexibility index (Phi) is 6.81. The number of benzene rings is 1. The zero-order valence-corrected chi connectivity index (χ0v) is 16.2. The molecule has 1 aromatic heterocycles. The number of nitrogens with zero attached hydrogens (tertiary/aromatic N) is 1. The molecular formula is C19H22N2O8. The number of hydrogen-bond donors (Lipinski definition) is 2. The maximum Gasteiger partial charge on any atom is 0.408 e. The molecule has 2 rings (SSSR count). The molecule has 0 saturated heterocycles.